The van der Waals surface area contributed by atoms with Gasteiger partial charge in [0.15, 0.2) is 0 Å². The van der Waals surface area contributed by atoms with Crippen molar-refractivity contribution in [2.24, 2.45) is 0 Å². The van der Waals surface area contributed by atoms with Crippen molar-refractivity contribution < 1.29 is 9.32 Å². The van der Waals surface area contributed by atoms with Gasteiger partial charge in [-0.25, -0.2) is 15.0 Å². The molecular weight excluding hydrogens is 442 g/mol. The second kappa shape index (κ2) is 8.43. The van der Waals surface area contributed by atoms with E-state index in [0.717, 1.165) is 39.1 Å². The molecule has 5 aromatic rings. The number of hydrogen-bond acceptors (Lipinski definition) is 8. The Labute approximate surface area is 202 Å². The summed E-state index contributed by atoms with van der Waals surface area (Å²) < 4.78 is 7.43. The van der Waals surface area contributed by atoms with Gasteiger partial charge in [0.1, 0.15) is 5.82 Å². The molecule has 3 heterocycles. The van der Waals surface area contributed by atoms with Crippen LogP contribution in [0.2, 0.25) is 0 Å². The third-order valence-electron chi connectivity index (χ3n) is 5.72. The van der Waals surface area contributed by atoms with Crippen LogP contribution in [0.4, 0.5) is 5.95 Å². The van der Waals surface area contributed by atoms with Crippen LogP contribution in [0, 0.1) is 0 Å². The van der Waals surface area contributed by atoms with Crippen LogP contribution in [0.3, 0.4) is 0 Å². The van der Waals surface area contributed by atoms with Crippen LogP contribution in [-0.2, 0) is 5.54 Å². The van der Waals surface area contributed by atoms with E-state index in [2.05, 4.69) is 51.5 Å². The van der Waals surface area contributed by atoms with Crippen LogP contribution in [0.15, 0.2) is 59.4 Å². The number of anilines is 1. The summed E-state index contributed by atoms with van der Waals surface area (Å²) in [6.45, 7) is 8.16. The fourth-order valence-electron chi connectivity index (χ4n) is 4.08. The number of aromatic nitrogens is 6. The highest BCUT2D eigenvalue weighted by molar-refractivity contribution is 5.92. The van der Waals surface area contributed by atoms with Gasteiger partial charge in [0.2, 0.25) is 17.6 Å². The first-order valence-electron chi connectivity index (χ1n) is 11.3. The molecule has 9 heteroatoms. The molecule has 35 heavy (non-hydrogen) atoms. The molecule has 0 aliphatic carbocycles. The van der Waals surface area contributed by atoms with Gasteiger partial charge >= 0.3 is 0 Å². The van der Waals surface area contributed by atoms with Crippen molar-refractivity contribution in [3.63, 3.8) is 0 Å². The summed E-state index contributed by atoms with van der Waals surface area (Å²) in [5.74, 6) is 1.17. The fraction of sp³-hybridized carbons (Fsp3) is 0.231. The lowest BCUT2D eigenvalue weighted by Crippen LogP contribution is -2.22. The van der Waals surface area contributed by atoms with Crippen LogP contribution >= 0.6 is 0 Å². The molecule has 0 unspecified atom stereocenters. The Hall–Kier alpha value is -4.40. The predicted octanol–water partition coefficient (Wildman–Crippen LogP) is 5.14. The molecule has 0 amide bonds. The van der Waals surface area contributed by atoms with Gasteiger partial charge in [-0.05, 0) is 38.5 Å². The van der Waals surface area contributed by atoms with E-state index in [9.17, 15) is 4.79 Å². The molecule has 9 nitrogen and oxygen atoms in total. The van der Waals surface area contributed by atoms with Crippen molar-refractivity contribution in [3.8, 4) is 33.9 Å². The SMILES string of the molecule is CCC(=O)c1nc(-c2ccccc2-c2nc3cc(-c4cnc(N)nc4)ccc3n2C(C)(C)C)no1. The number of carbonyl (C=O) groups excluding carboxylic acids is 1. The number of nitrogens with two attached hydrogens (primary N) is 1. The average molecular weight is 468 g/mol. The number of imidazole rings is 1. The van der Waals surface area contributed by atoms with E-state index in [0.29, 0.717) is 12.2 Å². The van der Waals surface area contributed by atoms with Gasteiger partial charge in [-0.15, -0.1) is 0 Å². The molecule has 0 bridgehead atoms. The molecule has 0 fully saturated rings. The van der Waals surface area contributed by atoms with Crippen molar-refractivity contribution in [2.45, 2.75) is 39.7 Å². The maximum atomic E-state index is 12.1. The lowest BCUT2D eigenvalue weighted by atomic mass is 10.0. The van der Waals surface area contributed by atoms with Crippen molar-refractivity contribution in [3.05, 3.63) is 60.7 Å². The normalized spacial score (nSPS) is 11.8. The van der Waals surface area contributed by atoms with Gasteiger partial charge < -0.3 is 14.8 Å². The number of nitrogen functional groups attached to an aromatic ring is 1. The van der Waals surface area contributed by atoms with E-state index in [4.69, 9.17) is 15.2 Å². The number of Topliss-reactive ketones (excluding diaryl/α,β-unsaturated/α-hetero) is 1. The number of benzene rings is 2. The lowest BCUT2D eigenvalue weighted by Gasteiger charge is -2.25. The monoisotopic (exact) mass is 467 g/mol. The highest BCUT2D eigenvalue weighted by atomic mass is 16.5. The number of ketones is 1. The summed E-state index contributed by atoms with van der Waals surface area (Å²) in [6, 6.07) is 13.8. The molecule has 0 spiro atoms. The summed E-state index contributed by atoms with van der Waals surface area (Å²) in [5.41, 5.74) is 10.6. The van der Waals surface area contributed by atoms with Gasteiger partial charge in [0.05, 0.1) is 11.0 Å². The topological polar surface area (TPSA) is 126 Å². The molecule has 0 aliphatic rings. The van der Waals surface area contributed by atoms with Crippen molar-refractivity contribution in [1.82, 2.24) is 29.7 Å². The summed E-state index contributed by atoms with van der Waals surface area (Å²) in [5, 5.41) is 4.08. The van der Waals surface area contributed by atoms with Crippen LogP contribution < -0.4 is 5.73 Å². The van der Waals surface area contributed by atoms with Gasteiger partial charge in [-0.1, -0.05) is 42.4 Å². The Balaban J connectivity index is 1.70. The third-order valence-corrected chi connectivity index (χ3v) is 5.72. The summed E-state index contributed by atoms with van der Waals surface area (Å²) >= 11 is 0. The maximum absolute atomic E-state index is 12.1. The number of nitrogens with zero attached hydrogens (tertiary/aromatic N) is 6. The minimum absolute atomic E-state index is 0.0111. The molecule has 176 valence electrons. The fourth-order valence-corrected chi connectivity index (χ4v) is 4.08. The standard InChI is InChI=1S/C26H25N7O2/c1-5-21(34)24-31-22(32-35-24)17-8-6-7-9-18(17)23-30-19-12-15(16-13-28-25(27)29-14-16)10-11-20(19)33(23)26(2,3)4/h6-14H,5H2,1-4H3,(H2,27,28,29). The van der Waals surface area contributed by atoms with Gasteiger partial charge in [-0.3, -0.25) is 4.79 Å². The van der Waals surface area contributed by atoms with Crippen molar-refractivity contribution in [2.75, 3.05) is 5.73 Å². The molecule has 0 aliphatic heterocycles. The second-order valence-corrected chi connectivity index (χ2v) is 9.22. The highest BCUT2D eigenvalue weighted by Crippen LogP contribution is 2.37. The molecule has 0 saturated carbocycles. The summed E-state index contributed by atoms with van der Waals surface area (Å²) in [7, 11) is 0. The van der Waals surface area contributed by atoms with E-state index in [1.54, 1.807) is 19.3 Å². The highest BCUT2D eigenvalue weighted by Gasteiger charge is 2.26. The largest absolute Gasteiger partial charge is 0.368 e. The van der Waals surface area contributed by atoms with Crippen LogP contribution in [-0.4, -0.2) is 35.4 Å². The first-order valence-corrected chi connectivity index (χ1v) is 11.3. The first-order chi connectivity index (χ1) is 16.8. The molecule has 5 rings (SSSR count). The Morgan fingerprint density at radius 3 is 2.40 bits per heavy atom. The first kappa shape index (κ1) is 22.4. The van der Waals surface area contributed by atoms with Crippen LogP contribution in [0.5, 0.6) is 0 Å². The zero-order valence-electron chi connectivity index (χ0n) is 20.0. The average Bonchev–Trinajstić information content (AvgIpc) is 3.49. The second-order valence-electron chi connectivity index (χ2n) is 9.22. The molecule has 2 aromatic carbocycles. The Bertz CT molecular complexity index is 1540. The number of rotatable bonds is 5. The quantitative estimate of drug-likeness (QED) is 0.352. The molecule has 3 aromatic heterocycles. The maximum Gasteiger partial charge on any atom is 0.294 e. The van der Waals surface area contributed by atoms with E-state index >= 15 is 0 Å². The number of carbonyl (C=O) groups is 1. The van der Waals surface area contributed by atoms with Gasteiger partial charge in [0.25, 0.3) is 5.89 Å². The summed E-state index contributed by atoms with van der Waals surface area (Å²) in [6.07, 6.45) is 3.70. The van der Waals surface area contributed by atoms with Crippen molar-refractivity contribution in [1.29, 1.82) is 0 Å². The molecule has 0 saturated heterocycles. The molecular formula is C26H25N7O2. The Kier molecular flexibility index (Phi) is 5.39. The molecule has 2 N–H and O–H groups in total. The van der Waals surface area contributed by atoms with Crippen molar-refractivity contribution >= 4 is 22.8 Å². The third kappa shape index (κ3) is 4.05. The van der Waals surface area contributed by atoms with Crippen LogP contribution in [0.25, 0.3) is 44.9 Å². The Morgan fingerprint density at radius 1 is 1.00 bits per heavy atom. The van der Waals surface area contributed by atoms with E-state index < -0.39 is 0 Å². The summed E-state index contributed by atoms with van der Waals surface area (Å²) in [4.78, 5) is 29.7. The van der Waals surface area contributed by atoms with E-state index in [1.165, 1.54) is 0 Å². The number of fused-ring (bicyclic) bond motifs is 1. The predicted molar refractivity (Wildman–Crippen MR) is 134 cm³/mol. The molecule has 0 atom stereocenters. The van der Waals surface area contributed by atoms with Crippen LogP contribution in [0.1, 0.15) is 44.8 Å². The zero-order chi connectivity index (χ0) is 24.7. The Morgan fingerprint density at radius 2 is 1.71 bits per heavy atom. The van der Waals surface area contributed by atoms with Gasteiger partial charge in [-0.2, -0.15) is 4.98 Å². The zero-order valence-corrected chi connectivity index (χ0v) is 20.0. The van der Waals surface area contributed by atoms with Gasteiger partial charge in [0, 0.05) is 41.0 Å². The minimum Gasteiger partial charge on any atom is -0.368 e. The van der Waals surface area contributed by atoms with E-state index in [-0.39, 0.29) is 23.2 Å². The smallest absolute Gasteiger partial charge is 0.294 e. The molecule has 0 radical (unpaired) electrons. The minimum atomic E-state index is -0.274. The van der Waals surface area contributed by atoms with E-state index in [1.807, 2.05) is 36.4 Å². The number of hydrogen-bond donors (Lipinski definition) is 1. The lowest BCUT2D eigenvalue weighted by molar-refractivity contribution is 0.0946.